The van der Waals surface area contributed by atoms with Crippen LogP contribution >= 0.6 is 27.3 Å². The van der Waals surface area contributed by atoms with Gasteiger partial charge in [-0.2, -0.15) is 11.3 Å². The number of hydrogen-bond acceptors (Lipinski definition) is 5. The molecule has 0 fully saturated rings. The summed E-state index contributed by atoms with van der Waals surface area (Å²) >= 11 is 5.04. The van der Waals surface area contributed by atoms with Gasteiger partial charge in [-0.15, -0.1) is 5.10 Å². The second kappa shape index (κ2) is 8.59. The fourth-order valence-corrected chi connectivity index (χ4v) is 3.79. The summed E-state index contributed by atoms with van der Waals surface area (Å²) in [6.45, 7) is 0. The Bertz CT molecular complexity index is 1120. The van der Waals surface area contributed by atoms with Crippen molar-refractivity contribution in [3.05, 3.63) is 75.7 Å². The highest BCUT2D eigenvalue weighted by molar-refractivity contribution is 9.10. The summed E-state index contributed by atoms with van der Waals surface area (Å²) < 4.78 is 2.70. The number of anilines is 2. The van der Waals surface area contributed by atoms with Crippen molar-refractivity contribution in [3.8, 4) is 16.8 Å². The highest BCUT2D eigenvalue weighted by Crippen LogP contribution is 2.28. The maximum Gasteiger partial charge on any atom is 0.224 e. The van der Waals surface area contributed by atoms with Gasteiger partial charge >= 0.3 is 0 Å². The molecule has 2 aromatic heterocycles. The molecule has 3 N–H and O–H groups in total. The molecule has 0 atom stereocenters. The minimum atomic E-state index is -0.114. The van der Waals surface area contributed by atoms with Gasteiger partial charge in [-0.25, -0.2) is 4.68 Å². The number of nitrogens with two attached hydrogens (primary N) is 1. The van der Waals surface area contributed by atoms with Gasteiger partial charge in [0, 0.05) is 17.3 Å². The first-order valence-corrected chi connectivity index (χ1v) is 10.7. The summed E-state index contributed by atoms with van der Waals surface area (Å²) in [7, 11) is 0. The first-order chi connectivity index (χ1) is 14.1. The Labute approximate surface area is 180 Å². The molecule has 8 heteroatoms. The molecular formula is C21H18BrN5OS. The van der Waals surface area contributed by atoms with E-state index in [1.165, 1.54) is 0 Å². The van der Waals surface area contributed by atoms with Gasteiger partial charge in [0.15, 0.2) is 0 Å². The highest BCUT2D eigenvalue weighted by Gasteiger charge is 2.10. The van der Waals surface area contributed by atoms with Crippen molar-refractivity contribution < 1.29 is 4.79 Å². The van der Waals surface area contributed by atoms with Gasteiger partial charge in [0.1, 0.15) is 0 Å². The number of aryl methyl sites for hydroxylation is 1. The molecule has 146 valence electrons. The second-order valence-electron chi connectivity index (χ2n) is 6.49. The Morgan fingerprint density at radius 3 is 2.72 bits per heavy atom. The van der Waals surface area contributed by atoms with E-state index in [2.05, 4.69) is 36.9 Å². The first-order valence-electron chi connectivity index (χ1n) is 8.97. The monoisotopic (exact) mass is 467 g/mol. The molecule has 4 rings (SSSR count). The predicted octanol–water partition coefficient (Wildman–Crippen LogP) is 4.91. The van der Waals surface area contributed by atoms with Crippen LogP contribution in [0, 0.1) is 0 Å². The lowest BCUT2D eigenvalue weighted by Crippen LogP contribution is -2.13. The Kier molecular flexibility index (Phi) is 5.73. The lowest BCUT2D eigenvalue weighted by atomic mass is 10.1. The van der Waals surface area contributed by atoms with Crippen LogP contribution in [0.1, 0.15) is 12.1 Å². The summed E-state index contributed by atoms with van der Waals surface area (Å²) in [5.41, 5.74) is 11.0. The molecule has 2 aromatic carbocycles. The number of carbonyl (C=O) groups excluding carboxylic acids is 1. The zero-order valence-electron chi connectivity index (χ0n) is 15.4. The van der Waals surface area contributed by atoms with E-state index in [0.29, 0.717) is 24.2 Å². The number of rotatable bonds is 6. The molecule has 0 bridgehead atoms. The average Bonchev–Trinajstić information content (AvgIpc) is 3.41. The van der Waals surface area contributed by atoms with Gasteiger partial charge in [-0.05, 0) is 64.4 Å². The summed E-state index contributed by atoms with van der Waals surface area (Å²) in [5, 5.41) is 15.3. The third-order valence-corrected chi connectivity index (χ3v) is 5.63. The fraction of sp³-hybridized carbons (Fsp3) is 0.0952. The number of thiophene rings is 1. The molecule has 0 aliphatic rings. The predicted molar refractivity (Wildman–Crippen MR) is 120 cm³/mol. The number of amides is 1. The van der Waals surface area contributed by atoms with Crippen LogP contribution in [0.2, 0.25) is 0 Å². The summed E-state index contributed by atoms with van der Waals surface area (Å²) in [6.07, 6.45) is 2.62. The van der Waals surface area contributed by atoms with Gasteiger partial charge in [-0.1, -0.05) is 27.2 Å². The first kappa shape index (κ1) is 19.4. The molecule has 2 heterocycles. The van der Waals surface area contributed by atoms with Crippen molar-refractivity contribution in [2.45, 2.75) is 12.8 Å². The largest absolute Gasteiger partial charge is 0.397 e. The normalized spacial score (nSPS) is 10.8. The Hall–Kier alpha value is -2.97. The van der Waals surface area contributed by atoms with E-state index in [-0.39, 0.29) is 5.91 Å². The number of halogens is 1. The van der Waals surface area contributed by atoms with E-state index in [1.807, 2.05) is 60.1 Å². The third-order valence-electron chi connectivity index (χ3n) is 4.42. The van der Waals surface area contributed by atoms with Crippen LogP contribution in [0.15, 0.2) is 70.0 Å². The number of benzene rings is 2. The van der Waals surface area contributed by atoms with Crippen LogP contribution in [0.3, 0.4) is 0 Å². The highest BCUT2D eigenvalue weighted by atomic mass is 79.9. The maximum absolute atomic E-state index is 12.4. The van der Waals surface area contributed by atoms with Crippen molar-refractivity contribution >= 4 is 44.5 Å². The zero-order valence-corrected chi connectivity index (χ0v) is 17.8. The van der Waals surface area contributed by atoms with E-state index >= 15 is 0 Å². The average molecular weight is 468 g/mol. The van der Waals surface area contributed by atoms with Gasteiger partial charge in [0.25, 0.3) is 0 Å². The molecular weight excluding hydrogens is 450 g/mol. The molecule has 1 amide bonds. The SMILES string of the molecule is Nc1ccc(-c2ccsc2)cc1NC(=O)CCc1cn(-c2ccc(Br)cc2)nn1. The van der Waals surface area contributed by atoms with Crippen LogP contribution in [0.4, 0.5) is 11.4 Å². The molecule has 29 heavy (non-hydrogen) atoms. The third kappa shape index (κ3) is 4.72. The topological polar surface area (TPSA) is 85.8 Å². The van der Waals surface area contributed by atoms with E-state index in [1.54, 1.807) is 16.0 Å². The molecule has 0 spiro atoms. The molecule has 0 unspecified atom stereocenters. The molecule has 0 saturated carbocycles. The lowest BCUT2D eigenvalue weighted by Gasteiger charge is -2.10. The van der Waals surface area contributed by atoms with Crippen molar-refractivity contribution in [1.29, 1.82) is 0 Å². The van der Waals surface area contributed by atoms with Gasteiger partial charge < -0.3 is 11.1 Å². The molecule has 0 radical (unpaired) electrons. The van der Waals surface area contributed by atoms with E-state index in [4.69, 9.17) is 5.73 Å². The van der Waals surface area contributed by atoms with E-state index < -0.39 is 0 Å². The van der Waals surface area contributed by atoms with Crippen molar-refractivity contribution in [3.63, 3.8) is 0 Å². The summed E-state index contributed by atoms with van der Waals surface area (Å²) in [6, 6.07) is 15.5. The Morgan fingerprint density at radius 1 is 1.14 bits per heavy atom. The fourth-order valence-electron chi connectivity index (χ4n) is 2.86. The molecule has 0 aliphatic carbocycles. The van der Waals surface area contributed by atoms with Gasteiger partial charge in [-0.3, -0.25) is 4.79 Å². The number of aromatic nitrogens is 3. The van der Waals surface area contributed by atoms with Crippen molar-refractivity contribution in [1.82, 2.24) is 15.0 Å². The van der Waals surface area contributed by atoms with Crippen molar-refractivity contribution in [2.24, 2.45) is 0 Å². The summed E-state index contributed by atoms with van der Waals surface area (Å²) in [5.74, 6) is -0.114. The maximum atomic E-state index is 12.4. The van der Waals surface area contributed by atoms with Crippen LogP contribution in [0.25, 0.3) is 16.8 Å². The van der Waals surface area contributed by atoms with Crippen LogP contribution in [-0.2, 0) is 11.2 Å². The zero-order chi connectivity index (χ0) is 20.2. The van der Waals surface area contributed by atoms with Crippen LogP contribution < -0.4 is 11.1 Å². The van der Waals surface area contributed by atoms with Crippen LogP contribution in [-0.4, -0.2) is 20.9 Å². The Morgan fingerprint density at radius 2 is 1.97 bits per heavy atom. The Balaban J connectivity index is 1.38. The summed E-state index contributed by atoms with van der Waals surface area (Å²) in [4.78, 5) is 12.4. The van der Waals surface area contributed by atoms with Crippen LogP contribution in [0.5, 0.6) is 0 Å². The molecule has 0 saturated heterocycles. The molecule has 6 nitrogen and oxygen atoms in total. The van der Waals surface area contributed by atoms with Gasteiger partial charge in [0.05, 0.1) is 29.0 Å². The number of nitrogen functional groups attached to an aromatic ring is 1. The van der Waals surface area contributed by atoms with E-state index in [0.717, 1.165) is 27.0 Å². The standard InChI is InChI=1S/C21H18BrN5OS/c22-16-2-5-18(6-3-16)27-12-17(25-26-27)4-8-21(28)24-20-11-14(1-7-19(20)23)15-9-10-29-13-15/h1-3,5-7,9-13H,4,8,23H2,(H,24,28). The molecule has 0 aliphatic heterocycles. The minimum Gasteiger partial charge on any atom is -0.397 e. The second-order valence-corrected chi connectivity index (χ2v) is 8.19. The lowest BCUT2D eigenvalue weighted by molar-refractivity contribution is -0.116. The minimum absolute atomic E-state index is 0.114. The van der Waals surface area contributed by atoms with Crippen molar-refractivity contribution in [2.75, 3.05) is 11.1 Å². The van der Waals surface area contributed by atoms with Gasteiger partial charge in [0.2, 0.25) is 5.91 Å². The number of nitrogens with one attached hydrogen (secondary N) is 1. The number of carbonyl (C=O) groups is 1. The smallest absolute Gasteiger partial charge is 0.224 e. The number of hydrogen-bond donors (Lipinski definition) is 2. The molecule has 4 aromatic rings. The quantitative estimate of drug-likeness (QED) is 0.394. The number of nitrogens with zero attached hydrogens (tertiary/aromatic N) is 3. The van der Waals surface area contributed by atoms with E-state index in [9.17, 15) is 4.79 Å².